The van der Waals surface area contributed by atoms with E-state index < -0.39 is 0 Å². The number of allylic oxidation sites excluding steroid dienone is 1. The van der Waals surface area contributed by atoms with E-state index in [-0.39, 0.29) is 30.6 Å². The molecule has 36 heavy (non-hydrogen) atoms. The SMILES string of the molecule is C/C=C/c1cccc(-c2nc(C(=O)N3CCN(C)CC3)cc3c2[C@@H](CCO)N(C(=O)NC(C)C)C3)c1. The van der Waals surface area contributed by atoms with E-state index in [1.807, 2.05) is 62.1 Å². The Bertz CT molecular complexity index is 1140. The van der Waals surface area contributed by atoms with Crippen molar-refractivity contribution in [1.82, 2.24) is 25.0 Å². The minimum Gasteiger partial charge on any atom is -0.396 e. The summed E-state index contributed by atoms with van der Waals surface area (Å²) in [6.07, 6.45) is 4.40. The van der Waals surface area contributed by atoms with Gasteiger partial charge in [0.05, 0.1) is 11.7 Å². The Hall–Kier alpha value is -3.23. The summed E-state index contributed by atoms with van der Waals surface area (Å²) in [5.41, 5.74) is 4.85. The fourth-order valence-electron chi connectivity index (χ4n) is 5.01. The number of urea groups is 1. The lowest BCUT2D eigenvalue weighted by Gasteiger charge is -2.32. The predicted octanol–water partition coefficient (Wildman–Crippen LogP) is 3.53. The molecule has 0 unspecified atom stereocenters. The lowest BCUT2D eigenvalue weighted by Crippen LogP contribution is -2.47. The van der Waals surface area contributed by atoms with Gasteiger partial charge in [0.25, 0.3) is 5.91 Å². The summed E-state index contributed by atoms with van der Waals surface area (Å²) >= 11 is 0. The van der Waals surface area contributed by atoms with Gasteiger partial charge in [-0.2, -0.15) is 0 Å². The van der Waals surface area contributed by atoms with Crippen LogP contribution in [0.4, 0.5) is 4.79 Å². The second-order valence-electron chi connectivity index (χ2n) is 9.91. The van der Waals surface area contributed by atoms with Crippen LogP contribution in [0.15, 0.2) is 36.4 Å². The average molecular weight is 492 g/mol. The van der Waals surface area contributed by atoms with E-state index >= 15 is 0 Å². The van der Waals surface area contributed by atoms with Gasteiger partial charge in [-0.15, -0.1) is 0 Å². The summed E-state index contributed by atoms with van der Waals surface area (Å²) in [6.45, 7) is 9.12. The molecule has 8 nitrogen and oxygen atoms in total. The molecular weight excluding hydrogens is 454 g/mol. The van der Waals surface area contributed by atoms with E-state index in [0.29, 0.717) is 37.4 Å². The highest BCUT2D eigenvalue weighted by molar-refractivity contribution is 5.94. The number of aliphatic hydroxyl groups is 1. The van der Waals surface area contributed by atoms with Crippen LogP contribution in [0.5, 0.6) is 0 Å². The number of fused-ring (bicyclic) bond motifs is 1. The molecular formula is C28H37N5O3. The van der Waals surface area contributed by atoms with Crippen molar-refractivity contribution in [1.29, 1.82) is 0 Å². The molecule has 0 saturated carbocycles. The number of nitrogens with zero attached hydrogens (tertiary/aromatic N) is 4. The second-order valence-corrected chi connectivity index (χ2v) is 9.91. The molecule has 1 atom stereocenters. The highest BCUT2D eigenvalue weighted by atomic mass is 16.3. The van der Waals surface area contributed by atoms with Gasteiger partial charge in [0.1, 0.15) is 5.69 Å². The van der Waals surface area contributed by atoms with Crippen molar-refractivity contribution >= 4 is 18.0 Å². The highest BCUT2D eigenvalue weighted by Crippen LogP contribution is 2.42. The van der Waals surface area contributed by atoms with Crippen molar-refractivity contribution in [3.63, 3.8) is 0 Å². The van der Waals surface area contributed by atoms with E-state index in [1.165, 1.54) is 0 Å². The number of pyridine rings is 1. The van der Waals surface area contributed by atoms with Crippen molar-refractivity contribution in [2.24, 2.45) is 0 Å². The number of likely N-dealkylation sites (N-methyl/N-ethyl adjacent to an activating group) is 1. The fourth-order valence-corrected chi connectivity index (χ4v) is 5.01. The van der Waals surface area contributed by atoms with Crippen LogP contribution < -0.4 is 5.32 Å². The van der Waals surface area contributed by atoms with E-state index in [9.17, 15) is 14.7 Å². The molecule has 0 bridgehead atoms. The molecule has 2 aromatic rings. The van der Waals surface area contributed by atoms with E-state index in [2.05, 4.69) is 23.3 Å². The first kappa shape index (κ1) is 25.9. The van der Waals surface area contributed by atoms with Gasteiger partial charge in [-0.25, -0.2) is 9.78 Å². The van der Waals surface area contributed by atoms with Crippen LogP contribution in [0.1, 0.15) is 60.4 Å². The number of amides is 3. The van der Waals surface area contributed by atoms with Gasteiger partial charge in [0, 0.05) is 56.5 Å². The Morgan fingerprint density at radius 3 is 2.61 bits per heavy atom. The molecule has 2 N–H and O–H groups in total. The van der Waals surface area contributed by atoms with Gasteiger partial charge in [-0.3, -0.25) is 4.79 Å². The minimum atomic E-state index is -0.329. The lowest BCUT2D eigenvalue weighted by atomic mass is 9.94. The molecule has 1 aromatic carbocycles. The number of benzene rings is 1. The number of hydrogen-bond acceptors (Lipinski definition) is 5. The molecule has 2 aliphatic heterocycles. The summed E-state index contributed by atoms with van der Waals surface area (Å²) in [7, 11) is 2.06. The Morgan fingerprint density at radius 1 is 1.19 bits per heavy atom. The zero-order chi connectivity index (χ0) is 25.8. The van der Waals surface area contributed by atoms with Crippen LogP contribution in [0.3, 0.4) is 0 Å². The average Bonchev–Trinajstić information content (AvgIpc) is 3.22. The first-order chi connectivity index (χ1) is 17.3. The number of carbonyl (C=O) groups is 2. The lowest BCUT2D eigenvalue weighted by molar-refractivity contribution is 0.0658. The van der Waals surface area contributed by atoms with Crippen LogP contribution in [-0.4, -0.2) is 82.6 Å². The zero-order valence-electron chi connectivity index (χ0n) is 21.7. The number of carbonyl (C=O) groups excluding carboxylic acids is 2. The van der Waals surface area contributed by atoms with E-state index in [4.69, 9.17) is 4.98 Å². The van der Waals surface area contributed by atoms with Crippen molar-refractivity contribution < 1.29 is 14.7 Å². The molecule has 0 aliphatic carbocycles. The number of aromatic nitrogens is 1. The van der Waals surface area contributed by atoms with Gasteiger partial charge < -0.3 is 25.1 Å². The molecule has 8 heteroatoms. The Kier molecular flexibility index (Phi) is 8.06. The van der Waals surface area contributed by atoms with E-state index in [1.54, 1.807) is 4.90 Å². The molecule has 1 aromatic heterocycles. The summed E-state index contributed by atoms with van der Waals surface area (Å²) < 4.78 is 0. The van der Waals surface area contributed by atoms with Crippen LogP contribution >= 0.6 is 0 Å². The smallest absolute Gasteiger partial charge is 0.318 e. The molecule has 0 spiro atoms. The summed E-state index contributed by atoms with van der Waals surface area (Å²) in [5.74, 6) is -0.0828. The molecule has 3 amide bonds. The third-order valence-corrected chi connectivity index (χ3v) is 6.80. The zero-order valence-corrected chi connectivity index (χ0v) is 21.7. The van der Waals surface area contributed by atoms with Gasteiger partial charge in [-0.1, -0.05) is 30.4 Å². The van der Waals surface area contributed by atoms with Crippen molar-refractivity contribution in [3.8, 4) is 11.3 Å². The van der Waals surface area contributed by atoms with Gasteiger partial charge in [-0.05, 0) is 57.5 Å². The molecule has 192 valence electrons. The molecule has 2 aliphatic rings. The highest BCUT2D eigenvalue weighted by Gasteiger charge is 2.37. The third-order valence-electron chi connectivity index (χ3n) is 6.80. The molecule has 4 rings (SSSR count). The third kappa shape index (κ3) is 5.44. The summed E-state index contributed by atoms with van der Waals surface area (Å²) in [6, 6.07) is 9.38. The predicted molar refractivity (Wildman–Crippen MR) is 141 cm³/mol. The Balaban J connectivity index is 1.82. The Morgan fingerprint density at radius 2 is 1.94 bits per heavy atom. The van der Waals surface area contributed by atoms with E-state index in [0.717, 1.165) is 35.3 Å². The van der Waals surface area contributed by atoms with Crippen LogP contribution in [0.25, 0.3) is 17.3 Å². The van der Waals surface area contributed by atoms with Crippen molar-refractivity contribution in [2.45, 2.75) is 45.8 Å². The number of piperazine rings is 1. The maximum atomic E-state index is 13.5. The van der Waals surface area contributed by atoms with Crippen LogP contribution in [-0.2, 0) is 6.54 Å². The number of nitrogens with one attached hydrogen (secondary N) is 1. The first-order valence-electron chi connectivity index (χ1n) is 12.7. The number of hydrogen-bond donors (Lipinski definition) is 2. The fraction of sp³-hybridized carbons (Fsp3) is 0.464. The topological polar surface area (TPSA) is 89.0 Å². The largest absolute Gasteiger partial charge is 0.396 e. The molecule has 0 radical (unpaired) electrons. The van der Waals surface area contributed by atoms with Gasteiger partial charge in [0.2, 0.25) is 0 Å². The molecule has 1 fully saturated rings. The quantitative estimate of drug-likeness (QED) is 0.646. The number of rotatable bonds is 6. The monoisotopic (exact) mass is 491 g/mol. The van der Waals surface area contributed by atoms with Crippen molar-refractivity contribution in [3.05, 3.63) is 58.8 Å². The Labute approximate surface area is 213 Å². The maximum absolute atomic E-state index is 13.5. The van der Waals surface area contributed by atoms with Crippen molar-refractivity contribution in [2.75, 3.05) is 39.8 Å². The van der Waals surface area contributed by atoms with Crippen LogP contribution in [0.2, 0.25) is 0 Å². The number of aliphatic hydroxyl groups excluding tert-OH is 1. The minimum absolute atomic E-state index is 0.0135. The van der Waals surface area contributed by atoms with Gasteiger partial charge >= 0.3 is 6.03 Å². The maximum Gasteiger partial charge on any atom is 0.318 e. The second kappa shape index (κ2) is 11.2. The van der Waals surface area contributed by atoms with Crippen LogP contribution in [0, 0.1) is 0 Å². The summed E-state index contributed by atoms with van der Waals surface area (Å²) in [5, 5.41) is 12.9. The first-order valence-corrected chi connectivity index (χ1v) is 12.7. The standard InChI is InChI=1S/C28H37N5O3/c1-5-7-20-8-6-9-21(16-20)26-25-22(18-33(24(25)10-15-34)28(36)29-19(2)3)17-23(30-26)27(35)32-13-11-31(4)12-14-32/h5-9,16-17,19,24,34H,10-15,18H2,1-4H3,(H,29,36)/b7-5+/t24-/m1/s1. The summed E-state index contributed by atoms with van der Waals surface area (Å²) in [4.78, 5) is 37.4. The van der Waals surface area contributed by atoms with Gasteiger partial charge in [0.15, 0.2) is 0 Å². The molecule has 1 saturated heterocycles. The normalized spacial score (nSPS) is 18.2. The molecule has 3 heterocycles.